The van der Waals surface area contributed by atoms with E-state index in [1.807, 2.05) is 6.92 Å². The van der Waals surface area contributed by atoms with Crippen LogP contribution in [0.5, 0.6) is 0 Å². The van der Waals surface area contributed by atoms with Crippen molar-refractivity contribution < 1.29 is 4.42 Å². The van der Waals surface area contributed by atoms with Gasteiger partial charge in [0, 0.05) is 19.1 Å². The highest BCUT2D eigenvalue weighted by molar-refractivity contribution is 5.09. The summed E-state index contributed by atoms with van der Waals surface area (Å²) in [6, 6.07) is 5.34. The lowest BCUT2D eigenvalue weighted by Gasteiger charge is -2.35. The lowest BCUT2D eigenvalue weighted by Crippen LogP contribution is -2.43. The Kier molecular flexibility index (Phi) is 3.94. The zero-order valence-electron chi connectivity index (χ0n) is 12.2. The Bertz CT molecular complexity index is 403. The van der Waals surface area contributed by atoms with E-state index in [1.165, 1.54) is 45.3 Å². The van der Waals surface area contributed by atoms with Crippen molar-refractivity contribution in [3.05, 3.63) is 23.7 Å². The van der Waals surface area contributed by atoms with E-state index in [-0.39, 0.29) is 0 Å². The fraction of sp³-hybridized carbons (Fsp3) is 0.750. The fourth-order valence-corrected chi connectivity index (χ4v) is 3.00. The van der Waals surface area contributed by atoms with Crippen LogP contribution < -0.4 is 5.32 Å². The van der Waals surface area contributed by atoms with E-state index in [1.54, 1.807) is 0 Å². The molecule has 1 saturated carbocycles. The number of hydrogen-bond acceptors (Lipinski definition) is 3. The van der Waals surface area contributed by atoms with Gasteiger partial charge in [-0.1, -0.05) is 0 Å². The molecule has 3 rings (SSSR count). The Balaban J connectivity index is 1.46. The second-order valence-corrected chi connectivity index (χ2v) is 6.29. The maximum absolute atomic E-state index is 5.76. The van der Waals surface area contributed by atoms with Crippen LogP contribution in [0, 0.1) is 12.8 Å². The van der Waals surface area contributed by atoms with Gasteiger partial charge in [0.1, 0.15) is 11.5 Å². The minimum atomic E-state index is 0.415. The SMILES string of the molecule is Cc1ccc(C(C)N2CCC(NCC3CC3)CC2)o1. The molecule has 1 N–H and O–H groups in total. The van der Waals surface area contributed by atoms with E-state index < -0.39 is 0 Å². The molecular formula is C16H26N2O. The molecule has 2 aliphatic rings. The van der Waals surface area contributed by atoms with Gasteiger partial charge in [-0.25, -0.2) is 0 Å². The molecule has 0 radical (unpaired) electrons. The summed E-state index contributed by atoms with van der Waals surface area (Å²) in [5, 5.41) is 3.74. The second kappa shape index (κ2) is 5.68. The smallest absolute Gasteiger partial charge is 0.121 e. The third-order valence-corrected chi connectivity index (χ3v) is 4.64. The van der Waals surface area contributed by atoms with E-state index in [4.69, 9.17) is 4.42 Å². The molecule has 0 amide bonds. The number of aryl methyl sites for hydroxylation is 1. The van der Waals surface area contributed by atoms with Crippen molar-refractivity contribution >= 4 is 0 Å². The highest BCUT2D eigenvalue weighted by atomic mass is 16.3. The molecule has 0 aromatic carbocycles. The van der Waals surface area contributed by atoms with Crippen molar-refractivity contribution in [3.8, 4) is 0 Å². The molecule has 1 saturated heterocycles. The highest BCUT2D eigenvalue weighted by Gasteiger charge is 2.27. The van der Waals surface area contributed by atoms with Crippen LogP contribution in [0.1, 0.15) is 50.2 Å². The van der Waals surface area contributed by atoms with Crippen molar-refractivity contribution in [2.75, 3.05) is 19.6 Å². The Morgan fingerprint density at radius 2 is 2.00 bits per heavy atom. The molecule has 3 nitrogen and oxygen atoms in total. The van der Waals surface area contributed by atoms with Crippen LogP contribution in [0.2, 0.25) is 0 Å². The van der Waals surface area contributed by atoms with Gasteiger partial charge in [-0.05, 0) is 64.1 Å². The first kappa shape index (κ1) is 13.2. The van der Waals surface area contributed by atoms with Gasteiger partial charge in [0.15, 0.2) is 0 Å². The summed E-state index contributed by atoms with van der Waals surface area (Å²) < 4.78 is 5.76. The van der Waals surface area contributed by atoms with Gasteiger partial charge in [0.05, 0.1) is 6.04 Å². The van der Waals surface area contributed by atoms with Crippen LogP contribution in [0.4, 0.5) is 0 Å². The number of likely N-dealkylation sites (tertiary alicyclic amines) is 1. The molecule has 3 heteroatoms. The van der Waals surface area contributed by atoms with Gasteiger partial charge in [0.25, 0.3) is 0 Å². The van der Waals surface area contributed by atoms with Crippen LogP contribution >= 0.6 is 0 Å². The maximum Gasteiger partial charge on any atom is 0.121 e. The Morgan fingerprint density at radius 1 is 1.26 bits per heavy atom. The van der Waals surface area contributed by atoms with E-state index in [9.17, 15) is 0 Å². The number of piperidine rings is 1. The summed E-state index contributed by atoms with van der Waals surface area (Å²) >= 11 is 0. The monoisotopic (exact) mass is 262 g/mol. The zero-order valence-corrected chi connectivity index (χ0v) is 12.2. The number of hydrogen-bond donors (Lipinski definition) is 1. The summed E-state index contributed by atoms with van der Waals surface area (Å²) in [5.74, 6) is 3.12. The first-order valence-corrected chi connectivity index (χ1v) is 7.76. The van der Waals surface area contributed by atoms with Crippen molar-refractivity contribution in [1.29, 1.82) is 0 Å². The average Bonchev–Trinajstić information content (AvgIpc) is 3.17. The number of rotatable bonds is 5. The summed E-state index contributed by atoms with van der Waals surface area (Å²) in [7, 11) is 0. The number of nitrogens with zero attached hydrogens (tertiary/aromatic N) is 1. The molecule has 1 aromatic rings. The summed E-state index contributed by atoms with van der Waals surface area (Å²) in [5.41, 5.74) is 0. The Morgan fingerprint density at radius 3 is 2.58 bits per heavy atom. The molecule has 2 fully saturated rings. The van der Waals surface area contributed by atoms with Crippen LogP contribution in [0.15, 0.2) is 16.5 Å². The van der Waals surface area contributed by atoms with E-state index in [0.29, 0.717) is 6.04 Å². The summed E-state index contributed by atoms with van der Waals surface area (Å²) in [6.45, 7) is 7.89. The van der Waals surface area contributed by atoms with Crippen LogP contribution in [-0.2, 0) is 0 Å². The molecule has 1 atom stereocenters. The predicted octanol–water partition coefficient (Wildman–Crippen LogP) is 3.11. The Labute approximate surface area is 116 Å². The van der Waals surface area contributed by atoms with Crippen LogP contribution in [0.3, 0.4) is 0 Å². The standard InChI is InChI=1S/C16H26N2O/c1-12-3-6-16(19-12)13(2)18-9-7-15(8-10-18)17-11-14-4-5-14/h3,6,13-15,17H,4-5,7-11H2,1-2H3. The van der Waals surface area contributed by atoms with E-state index in [0.717, 1.165) is 23.5 Å². The quantitative estimate of drug-likeness (QED) is 0.884. The zero-order chi connectivity index (χ0) is 13.2. The molecule has 2 heterocycles. The van der Waals surface area contributed by atoms with E-state index >= 15 is 0 Å². The van der Waals surface area contributed by atoms with Crippen molar-refractivity contribution in [1.82, 2.24) is 10.2 Å². The third-order valence-electron chi connectivity index (χ3n) is 4.64. The summed E-state index contributed by atoms with van der Waals surface area (Å²) in [4.78, 5) is 2.55. The van der Waals surface area contributed by atoms with Crippen LogP contribution in [-0.4, -0.2) is 30.6 Å². The average molecular weight is 262 g/mol. The normalized spacial score (nSPS) is 23.7. The fourth-order valence-electron chi connectivity index (χ4n) is 3.00. The lowest BCUT2D eigenvalue weighted by atomic mass is 10.0. The molecule has 0 spiro atoms. The third kappa shape index (κ3) is 3.40. The predicted molar refractivity (Wildman–Crippen MR) is 77.2 cm³/mol. The first-order chi connectivity index (χ1) is 9.22. The largest absolute Gasteiger partial charge is 0.465 e. The highest BCUT2D eigenvalue weighted by Crippen LogP contribution is 2.29. The van der Waals surface area contributed by atoms with Gasteiger partial charge < -0.3 is 9.73 Å². The lowest BCUT2D eigenvalue weighted by molar-refractivity contribution is 0.137. The number of furan rings is 1. The molecule has 1 unspecified atom stereocenters. The molecule has 1 aliphatic heterocycles. The van der Waals surface area contributed by atoms with Crippen molar-refractivity contribution in [2.24, 2.45) is 5.92 Å². The minimum Gasteiger partial charge on any atom is -0.465 e. The molecule has 1 aromatic heterocycles. The molecule has 19 heavy (non-hydrogen) atoms. The van der Waals surface area contributed by atoms with Crippen molar-refractivity contribution in [2.45, 2.75) is 51.6 Å². The second-order valence-electron chi connectivity index (χ2n) is 6.29. The Hall–Kier alpha value is -0.800. The molecule has 1 aliphatic carbocycles. The molecule has 0 bridgehead atoms. The molecule has 106 valence electrons. The molecular weight excluding hydrogens is 236 g/mol. The van der Waals surface area contributed by atoms with Gasteiger partial charge in [-0.15, -0.1) is 0 Å². The maximum atomic E-state index is 5.76. The summed E-state index contributed by atoms with van der Waals surface area (Å²) in [6.07, 6.45) is 5.44. The van der Waals surface area contributed by atoms with Crippen LogP contribution in [0.25, 0.3) is 0 Å². The number of nitrogens with one attached hydrogen (secondary N) is 1. The van der Waals surface area contributed by atoms with E-state index in [2.05, 4.69) is 29.3 Å². The minimum absolute atomic E-state index is 0.415. The van der Waals surface area contributed by atoms with Gasteiger partial charge >= 0.3 is 0 Å². The van der Waals surface area contributed by atoms with Crippen molar-refractivity contribution in [3.63, 3.8) is 0 Å². The van der Waals surface area contributed by atoms with Gasteiger partial charge in [-0.3, -0.25) is 4.90 Å². The van der Waals surface area contributed by atoms with Gasteiger partial charge in [-0.2, -0.15) is 0 Å². The first-order valence-electron chi connectivity index (χ1n) is 7.76. The van der Waals surface area contributed by atoms with Gasteiger partial charge in [0.2, 0.25) is 0 Å². The topological polar surface area (TPSA) is 28.4 Å².